The first kappa shape index (κ1) is 31.4. The average molecular weight is 576 g/mol. The van der Waals surface area contributed by atoms with Crippen molar-refractivity contribution in [2.75, 3.05) is 23.7 Å². The number of rotatable bonds is 11. The van der Waals surface area contributed by atoms with E-state index in [0.717, 1.165) is 24.0 Å². The summed E-state index contributed by atoms with van der Waals surface area (Å²) < 4.78 is 66.2. The van der Waals surface area contributed by atoms with E-state index in [0.29, 0.717) is 22.5 Å². The average Bonchev–Trinajstić information content (AvgIpc) is 2.81. The Bertz CT molecular complexity index is 1240. The number of alkyl halides is 3. The molecule has 7 nitrogen and oxygen atoms in total. The number of carbonyl (C=O) groups excluding carboxylic acids is 2. The van der Waals surface area contributed by atoms with Crippen molar-refractivity contribution in [3.63, 3.8) is 0 Å². The highest BCUT2D eigenvalue weighted by molar-refractivity contribution is 7.92. The summed E-state index contributed by atoms with van der Waals surface area (Å²) in [5.41, 5.74) is 0.0922. The van der Waals surface area contributed by atoms with Gasteiger partial charge in [-0.15, -0.1) is 0 Å². The minimum Gasteiger partial charge on any atom is -0.354 e. The van der Waals surface area contributed by atoms with Crippen molar-refractivity contribution in [2.45, 2.75) is 52.9 Å². The molecular weight excluding hydrogens is 543 g/mol. The standard InChI is InChI=1S/C26H33ClF3N3O4S/c1-6-23(25(35)31-14-17(2)3)32(15-19-9-7-18(4)8-10-19)24(34)16-33(38(5,36)37)20-11-12-22(27)21(13-20)26(28,29)30/h7-13,17,23H,6,14-16H2,1-5H3,(H,31,35)/t23-/m1/s1. The first-order valence-electron chi connectivity index (χ1n) is 12.0. The lowest BCUT2D eigenvalue weighted by molar-refractivity contribution is -0.140. The number of carbonyl (C=O) groups is 2. The Morgan fingerprint density at radius 1 is 1.08 bits per heavy atom. The molecule has 0 heterocycles. The molecule has 1 N–H and O–H groups in total. The molecule has 0 fully saturated rings. The Morgan fingerprint density at radius 2 is 1.68 bits per heavy atom. The summed E-state index contributed by atoms with van der Waals surface area (Å²) in [5, 5.41) is 2.20. The number of sulfonamides is 1. The van der Waals surface area contributed by atoms with E-state index in [1.165, 1.54) is 4.90 Å². The fraction of sp³-hybridized carbons (Fsp3) is 0.462. The second kappa shape index (κ2) is 12.8. The van der Waals surface area contributed by atoms with E-state index >= 15 is 0 Å². The first-order chi connectivity index (χ1) is 17.5. The molecule has 2 aromatic carbocycles. The Balaban J connectivity index is 2.50. The molecule has 0 radical (unpaired) electrons. The van der Waals surface area contributed by atoms with Crippen LogP contribution in [0, 0.1) is 12.8 Å². The van der Waals surface area contributed by atoms with Gasteiger partial charge in [-0.2, -0.15) is 13.2 Å². The minimum absolute atomic E-state index is 0.00125. The highest BCUT2D eigenvalue weighted by Gasteiger charge is 2.36. The fourth-order valence-electron chi connectivity index (χ4n) is 3.73. The van der Waals surface area contributed by atoms with E-state index < -0.39 is 51.2 Å². The highest BCUT2D eigenvalue weighted by Crippen LogP contribution is 2.37. The van der Waals surface area contributed by atoms with Gasteiger partial charge in [-0.1, -0.05) is 62.2 Å². The molecule has 2 amide bonds. The minimum atomic E-state index is -4.83. The fourth-order valence-corrected chi connectivity index (χ4v) is 4.80. The molecule has 0 saturated heterocycles. The van der Waals surface area contributed by atoms with Gasteiger partial charge in [0.05, 0.1) is 22.5 Å². The molecule has 1 atom stereocenters. The summed E-state index contributed by atoms with van der Waals surface area (Å²) in [5.74, 6) is -0.990. The lowest BCUT2D eigenvalue weighted by Gasteiger charge is -2.33. The van der Waals surface area contributed by atoms with Gasteiger partial charge in [-0.25, -0.2) is 8.42 Å². The lowest BCUT2D eigenvalue weighted by Crippen LogP contribution is -2.52. The third-order valence-electron chi connectivity index (χ3n) is 5.77. The van der Waals surface area contributed by atoms with Crippen LogP contribution < -0.4 is 9.62 Å². The van der Waals surface area contributed by atoms with Crippen molar-refractivity contribution >= 4 is 39.1 Å². The van der Waals surface area contributed by atoms with E-state index in [4.69, 9.17) is 11.6 Å². The van der Waals surface area contributed by atoms with Crippen molar-refractivity contribution in [3.8, 4) is 0 Å². The number of nitrogens with one attached hydrogen (secondary N) is 1. The van der Waals surface area contributed by atoms with Crippen LogP contribution in [-0.4, -0.2) is 50.5 Å². The molecule has 0 spiro atoms. The van der Waals surface area contributed by atoms with Crippen LogP contribution >= 0.6 is 11.6 Å². The Hall–Kier alpha value is -2.79. The number of hydrogen-bond acceptors (Lipinski definition) is 4. The second-order valence-corrected chi connectivity index (χ2v) is 11.8. The van der Waals surface area contributed by atoms with E-state index in [-0.39, 0.29) is 24.6 Å². The number of hydrogen-bond donors (Lipinski definition) is 1. The number of aryl methyl sites for hydroxylation is 1. The Labute approximate surface area is 227 Å². The topological polar surface area (TPSA) is 86.8 Å². The van der Waals surface area contributed by atoms with E-state index in [2.05, 4.69) is 5.32 Å². The van der Waals surface area contributed by atoms with Gasteiger partial charge in [-0.05, 0) is 43.0 Å². The van der Waals surface area contributed by atoms with Gasteiger partial charge < -0.3 is 10.2 Å². The summed E-state index contributed by atoms with van der Waals surface area (Å²) in [6.07, 6.45) is -3.81. The molecule has 0 aliphatic heterocycles. The molecular formula is C26H33ClF3N3O4S. The van der Waals surface area contributed by atoms with Crippen molar-refractivity contribution in [1.29, 1.82) is 0 Å². The summed E-state index contributed by atoms with van der Waals surface area (Å²) >= 11 is 5.70. The molecule has 38 heavy (non-hydrogen) atoms. The van der Waals surface area contributed by atoms with Gasteiger partial charge in [-0.3, -0.25) is 13.9 Å². The van der Waals surface area contributed by atoms with Crippen molar-refractivity contribution in [1.82, 2.24) is 10.2 Å². The predicted octanol–water partition coefficient (Wildman–Crippen LogP) is 5.01. The molecule has 0 unspecified atom stereocenters. The molecule has 0 bridgehead atoms. The monoisotopic (exact) mass is 575 g/mol. The van der Waals surface area contributed by atoms with Gasteiger partial charge in [0.25, 0.3) is 0 Å². The second-order valence-electron chi connectivity index (χ2n) is 9.50. The number of halogens is 4. The molecule has 210 valence electrons. The zero-order valence-electron chi connectivity index (χ0n) is 22.0. The maximum atomic E-state index is 13.6. The van der Waals surface area contributed by atoms with Crippen LogP contribution in [0.5, 0.6) is 0 Å². The van der Waals surface area contributed by atoms with Crippen LogP contribution in [0.15, 0.2) is 42.5 Å². The predicted molar refractivity (Wildman–Crippen MR) is 142 cm³/mol. The third-order valence-corrected chi connectivity index (χ3v) is 7.24. The van der Waals surface area contributed by atoms with E-state index in [1.807, 2.05) is 32.9 Å². The number of anilines is 1. The van der Waals surface area contributed by atoms with Crippen LogP contribution in [0.25, 0.3) is 0 Å². The van der Waals surface area contributed by atoms with Crippen LogP contribution in [0.2, 0.25) is 5.02 Å². The number of amides is 2. The van der Waals surface area contributed by atoms with Gasteiger partial charge >= 0.3 is 6.18 Å². The lowest BCUT2D eigenvalue weighted by atomic mass is 10.1. The van der Waals surface area contributed by atoms with Gasteiger partial charge in [0.15, 0.2) is 0 Å². The maximum absolute atomic E-state index is 13.6. The highest BCUT2D eigenvalue weighted by atomic mass is 35.5. The number of nitrogens with zero attached hydrogens (tertiary/aromatic N) is 2. The largest absolute Gasteiger partial charge is 0.417 e. The molecule has 2 rings (SSSR count). The molecule has 0 aliphatic carbocycles. The Morgan fingerprint density at radius 3 is 2.18 bits per heavy atom. The zero-order valence-corrected chi connectivity index (χ0v) is 23.5. The van der Waals surface area contributed by atoms with Crippen LogP contribution in [0.4, 0.5) is 18.9 Å². The van der Waals surface area contributed by atoms with Crippen molar-refractivity contribution < 1.29 is 31.2 Å². The van der Waals surface area contributed by atoms with E-state index in [1.54, 1.807) is 19.1 Å². The van der Waals surface area contributed by atoms with Crippen LogP contribution in [0.1, 0.15) is 43.9 Å². The summed E-state index contributed by atoms with van der Waals surface area (Å²) in [6, 6.07) is 8.95. The van der Waals surface area contributed by atoms with Crippen LogP contribution in [-0.2, 0) is 32.3 Å². The molecule has 2 aromatic rings. The number of benzene rings is 2. The SMILES string of the molecule is CC[C@H](C(=O)NCC(C)C)N(Cc1ccc(C)cc1)C(=O)CN(c1ccc(Cl)c(C(F)(F)F)c1)S(C)(=O)=O. The summed E-state index contributed by atoms with van der Waals surface area (Å²) in [7, 11) is -4.20. The van der Waals surface area contributed by atoms with Gasteiger partial charge in [0.2, 0.25) is 21.8 Å². The molecule has 12 heteroatoms. The van der Waals surface area contributed by atoms with Crippen molar-refractivity contribution in [2.24, 2.45) is 5.92 Å². The summed E-state index contributed by atoms with van der Waals surface area (Å²) in [6.45, 7) is 7.02. The van der Waals surface area contributed by atoms with E-state index in [9.17, 15) is 31.2 Å². The molecule has 0 saturated carbocycles. The first-order valence-corrected chi connectivity index (χ1v) is 14.2. The van der Waals surface area contributed by atoms with Crippen LogP contribution in [0.3, 0.4) is 0 Å². The molecule has 0 aliphatic rings. The molecule has 0 aromatic heterocycles. The maximum Gasteiger partial charge on any atom is 0.417 e. The van der Waals surface area contributed by atoms with Crippen molar-refractivity contribution in [3.05, 3.63) is 64.2 Å². The van der Waals surface area contributed by atoms with Gasteiger partial charge in [0.1, 0.15) is 12.6 Å². The summed E-state index contributed by atoms with van der Waals surface area (Å²) in [4.78, 5) is 27.9. The third kappa shape index (κ3) is 8.62. The normalized spacial score (nSPS) is 12.8. The quantitative estimate of drug-likeness (QED) is 0.408. The smallest absolute Gasteiger partial charge is 0.354 e. The van der Waals surface area contributed by atoms with Gasteiger partial charge in [0, 0.05) is 13.1 Å². The zero-order chi connectivity index (χ0) is 28.8. The Kier molecular flexibility index (Phi) is 10.6.